The van der Waals surface area contributed by atoms with Gasteiger partial charge in [0, 0.05) is 12.6 Å². The van der Waals surface area contributed by atoms with Gasteiger partial charge in [-0.15, -0.1) is 0 Å². The number of aromatic nitrogens is 2. The van der Waals surface area contributed by atoms with Gasteiger partial charge < -0.3 is 10.6 Å². The first kappa shape index (κ1) is 17.7. The fourth-order valence-electron chi connectivity index (χ4n) is 1.74. The van der Waals surface area contributed by atoms with Crippen molar-refractivity contribution in [1.82, 2.24) is 15.1 Å². The maximum Gasteiger partial charge on any atom is 0.283 e. The van der Waals surface area contributed by atoms with Gasteiger partial charge in [-0.3, -0.25) is 9.59 Å². The zero-order chi connectivity index (χ0) is 16.0. The molecule has 1 rings (SSSR count). The Labute approximate surface area is 133 Å². The van der Waals surface area contributed by atoms with Gasteiger partial charge in [-0.1, -0.05) is 13.3 Å². The highest BCUT2D eigenvalue weighted by Crippen LogP contribution is 2.17. The second kappa shape index (κ2) is 8.17. The third kappa shape index (κ3) is 5.15. The van der Waals surface area contributed by atoms with Crippen molar-refractivity contribution in [2.75, 3.05) is 5.32 Å². The van der Waals surface area contributed by atoms with Crippen LogP contribution in [0.25, 0.3) is 0 Å². The summed E-state index contributed by atoms with van der Waals surface area (Å²) in [6, 6.07) is -0.373. The number of aryl methyl sites for hydroxylation is 1. The third-order valence-corrected chi connectivity index (χ3v) is 3.67. The highest BCUT2D eigenvalue weighted by molar-refractivity contribution is 9.10. The first-order valence-corrected chi connectivity index (χ1v) is 7.98. The van der Waals surface area contributed by atoms with Gasteiger partial charge in [0.05, 0.1) is 11.9 Å². The summed E-state index contributed by atoms with van der Waals surface area (Å²) in [5.74, 6) is -0.118. The van der Waals surface area contributed by atoms with Gasteiger partial charge in [0.1, 0.15) is 10.5 Å². The number of nitrogens with zero attached hydrogens (tertiary/aromatic N) is 2. The summed E-state index contributed by atoms with van der Waals surface area (Å²) < 4.78 is 1.83. The molecule has 0 saturated carbocycles. The lowest BCUT2D eigenvalue weighted by atomic mass is 10.2. The van der Waals surface area contributed by atoms with E-state index in [1.165, 1.54) is 4.68 Å². The number of anilines is 1. The van der Waals surface area contributed by atoms with Crippen LogP contribution < -0.4 is 16.2 Å². The number of hydrogen-bond acceptors (Lipinski definition) is 4. The Kier molecular flexibility index (Phi) is 6.87. The maximum absolute atomic E-state index is 12.1. The second-order valence-corrected chi connectivity index (χ2v) is 6.08. The topological polar surface area (TPSA) is 76.0 Å². The van der Waals surface area contributed by atoms with Crippen molar-refractivity contribution in [3.63, 3.8) is 0 Å². The molecule has 0 bridgehead atoms. The molecule has 0 radical (unpaired) electrons. The quantitative estimate of drug-likeness (QED) is 0.782. The number of hydrogen-bond donors (Lipinski definition) is 2. The molecule has 1 atom stereocenters. The van der Waals surface area contributed by atoms with E-state index >= 15 is 0 Å². The van der Waals surface area contributed by atoms with Crippen LogP contribution >= 0.6 is 15.9 Å². The van der Waals surface area contributed by atoms with Crippen LogP contribution in [-0.2, 0) is 11.3 Å². The average molecular weight is 359 g/mol. The van der Waals surface area contributed by atoms with E-state index in [-0.39, 0.29) is 17.5 Å². The van der Waals surface area contributed by atoms with Crippen LogP contribution in [0, 0.1) is 0 Å². The van der Waals surface area contributed by atoms with Gasteiger partial charge in [-0.25, -0.2) is 4.68 Å². The lowest BCUT2D eigenvalue weighted by Crippen LogP contribution is -2.41. The Bertz CT molecular complexity index is 542. The van der Waals surface area contributed by atoms with Gasteiger partial charge in [-0.05, 0) is 43.1 Å². The van der Waals surface area contributed by atoms with E-state index in [0.717, 1.165) is 12.8 Å². The van der Waals surface area contributed by atoms with E-state index in [2.05, 4.69) is 38.6 Å². The Balaban J connectivity index is 2.83. The predicted molar refractivity (Wildman–Crippen MR) is 87.5 cm³/mol. The zero-order valence-electron chi connectivity index (χ0n) is 12.9. The summed E-state index contributed by atoms with van der Waals surface area (Å²) in [4.78, 5) is 24.0. The van der Waals surface area contributed by atoms with Crippen LogP contribution in [0.5, 0.6) is 0 Å². The predicted octanol–water partition coefficient (Wildman–Crippen LogP) is 2.13. The van der Waals surface area contributed by atoms with Crippen LogP contribution in [-0.4, -0.2) is 27.8 Å². The van der Waals surface area contributed by atoms with Crippen molar-refractivity contribution in [2.45, 2.75) is 59.2 Å². The number of carbonyl (C=O) groups excluding carboxylic acids is 1. The van der Waals surface area contributed by atoms with Crippen LogP contribution in [0.3, 0.4) is 0 Å². The van der Waals surface area contributed by atoms with Gasteiger partial charge in [0.2, 0.25) is 5.91 Å². The minimum atomic E-state index is -0.448. The van der Waals surface area contributed by atoms with Crippen molar-refractivity contribution >= 4 is 27.5 Å². The maximum atomic E-state index is 12.1. The van der Waals surface area contributed by atoms with Crippen LogP contribution in [0.15, 0.2) is 15.5 Å². The fraction of sp³-hybridized carbons (Fsp3) is 0.643. The summed E-state index contributed by atoms with van der Waals surface area (Å²) in [5.41, 5.74) is 0.337. The highest BCUT2D eigenvalue weighted by Gasteiger charge is 2.16. The molecule has 1 aromatic heterocycles. The number of carbonyl (C=O) groups is 1. The minimum absolute atomic E-state index is 0.0744. The Hall–Kier alpha value is -1.37. The first-order valence-electron chi connectivity index (χ1n) is 7.19. The molecule has 1 aromatic rings. The summed E-state index contributed by atoms with van der Waals surface area (Å²) in [6.07, 6.45) is 3.47. The number of rotatable bonds is 7. The lowest BCUT2D eigenvalue weighted by Gasteiger charge is -2.18. The van der Waals surface area contributed by atoms with Gasteiger partial charge >= 0.3 is 0 Å². The third-order valence-electron chi connectivity index (χ3n) is 2.90. The molecule has 0 aliphatic carbocycles. The number of nitrogens with one attached hydrogen (secondary N) is 2. The van der Waals surface area contributed by atoms with E-state index in [4.69, 9.17) is 0 Å². The molecule has 0 aliphatic rings. The molecule has 6 nitrogen and oxygen atoms in total. The minimum Gasteiger partial charge on any atom is -0.372 e. The van der Waals surface area contributed by atoms with Gasteiger partial charge in [0.15, 0.2) is 0 Å². The molecule has 0 aromatic carbocycles. The van der Waals surface area contributed by atoms with E-state index < -0.39 is 6.04 Å². The molecular formula is C14H23BrN4O2. The van der Waals surface area contributed by atoms with Gasteiger partial charge in [0.25, 0.3) is 5.56 Å². The largest absolute Gasteiger partial charge is 0.372 e. The molecule has 0 aliphatic heterocycles. The molecule has 7 heteroatoms. The molecule has 2 N–H and O–H groups in total. The van der Waals surface area contributed by atoms with Crippen molar-refractivity contribution in [1.29, 1.82) is 0 Å². The Morgan fingerprint density at radius 1 is 1.43 bits per heavy atom. The van der Waals surface area contributed by atoms with Crippen LogP contribution in [0.1, 0.15) is 40.5 Å². The second-order valence-electron chi connectivity index (χ2n) is 5.28. The zero-order valence-corrected chi connectivity index (χ0v) is 14.5. The van der Waals surface area contributed by atoms with Gasteiger partial charge in [-0.2, -0.15) is 5.10 Å². The van der Waals surface area contributed by atoms with E-state index in [0.29, 0.717) is 16.7 Å². The van der Waals surface area contributed by atoms with Crippen LogP contribution in [0.2, 0.25) is 0 Å². The highest BCUT2D eigenvalue weighted by atomic mass is 79.9. The van der Waals surface area contributed by atoms with Crippen molar-refractivity contribution in [3.05, 3.63) is 21.0 Å². The molecule has 1 unspecified atom stereocenters. The van der Waals surface area contributed by atoms with E-state index in [1.807, 2.05) is 13.8 Å². The molecule has 118 valence electrons. The molecule has 1 amide bonds. The van der Waals surface area contributed by atoms with Crippen LogP contribution in [0.4, 0.5) is 5.69 Å². The smallest absolute Gasteiger partial charge is 0.283 e. The summed E-state index contributed by atoms with van der Waals surface area (Å²) in [5, 5.41) is 9.95. The molecule has 0 spiro atoms. The summed E-state index contributed by atoms with van der Waals surface area (Å²) in [6.45, 7) is 8.20. The van der Waals surface area contributed by atoms with Crippen molar-refractivity contribution in [2.24, 2.45) is 0 Å². The van der Waals surface area contributed by atoms with Crippen molar-refractivity contribution < 1.29 is 4.79 Å². The standard InChI is InChI=1S/C14H23BrN4O2/c1-5-6-7-19-14(21)12(15)11(8-16-19)18-10(4)13(20)17-9(2)3/h8-10,18H,5-7H2,1-4H3,(H,17,20). The Morgan fingerprint density at radius 2 is 2.10 bits per heavy atom. The lowest BCUT2D eigenvalue weighted by molar-refractivity contribution is -0.122. The van der Waals surface area contributed by atoms with Crippen molar-refractivity contribution in [3.8, 4) is 0 Å². The molecular weight excluding hydrogens is 336 g/mol. The Morgan fingerprint density at radius 3 is 2.67 bits per heavy atom. The molecule has 0 fully saturated rings. The normalized spacial score (nSPS) is 12.3. The first-order chi connectivity index (χ1) is 9.86. The average Bonchev–Trinajstić information content (AvgIpc) is 2.42. The number of amides is 1. The fourth-order valence-corrected chi connectivity index (χ4v) is 2.16. The monoisotopic (exact) mass is 358 g/mol. The number of unbranched alkanes of at least 4 members (excludes halogenated alkanes) is 1. The number of halogens is 1. The summed E-state index contributed by atoms with van der Waals surface area (Å²) >= 11 is 3.28. The molecule has 21 heavy (non-hydrogen) atoms. The van der Waals surface area contributed by atoms with E-state index in [1.54, 1.807) is 13.1 Å². The SMILES string of the molecule is CCCCn1ncc(NC(C)C(=O)NC(C)C)c(Br)c1=O. The summed E-state index contributed by atoms with van der Waals surface area (Å²) in [7, 11) is 0. The molecule has 1 heterocycles. The van der Waals surface area contributed by atoms with E-state index in [9.17, 15) is 9.59 Å². The molecule has 0 saturated heterocycles.